The smallest absolute Gasteiger partial charge is 0.294 e. The summed E-state index contributed by atoms with van der Waals surface area (Å²) >= 11 is 5.89. The van der Waals surface area contributed by atoms with Crippen molar-refractivity contribution in [2.75, 3.05) is 18.4 Å². The van der Waals surface area contributed by atoms with Crippen molar-refractivity contribution in [1.82, 2.24) is 19.7 Å². The fourth-order valence-electron chi connectivity index (χ4n) is 3.35. The number of hydrogen-bond acceptors (Lipinski definition) is 4. The van der Waals surface area contributed by atoms with Gasteiger partial charge in [0.2, 0.25) is 11.7 Å². The van der Waals surface area contributed by atoms with Crippen LogP contribution in [0.2, 0.25) is 5.02 Å². The van der Waals surface area contributed by atoms with Crippen molar-refractivity contribution in [2.45, 2.75) is 32.1 Å². The monoisotopic (exact) mass is 437 g/mol. The SMILES string of the molecule is CCCN(CC(=O)Nc1ccc(Cl)cc1)C(=O)c1nc(C2CC2)n(-c2ccccc2)n1. The molecule has 2 amide bonds. The fourth-order valence-corrected chi connectivity index (χ4v) is 3.48. The van der Waals surface area contributed by atoms with E-state index in [0.717, 1.165) is 30.8 Å². The summed E-state index contributed by atoms with van der Waals surface area (Å²) in [6.07, 6.45) is 2.80. The van der Waals surface area contributed by atoms with Gasteiger partial charge in [-0.2, -0.15) is 0 Å². The van der Waals surface area contributed by atoms with E-state index in [1.54, 1.807) is 28.9 Å². The maximum Gasteiger partial charge on any atom is 0.294 e. The van der Waals surface area contributed by atoms with E-state index in [1.165, 1.54) is 4.90 Å². The lowest BCUT2D eigenvalue weighted by Crippen LogP contribution is -2.39. The summed E-state index contributed by atoms with van der Waals surface area (Å²) in [6, 6.07) is 16.5. The second kappa shape index (κ2) is 9.31. The van der Waals surface area contributed by atoms with Crippen molar-refractivity contribution in [3.8, 4) is 5.69 Å². The van der Waals surface area contributed by atoms with E-state index in [-0.39, 0.29) is 24.2 Å². The van der Waals surface area contributed by atoms with Gasteiger partial charge < -0.3 is 10.2 Å². The Morgan fingerprint density at radius 3 is 2.48 bits per heavy atom. The molecule has 1 aromatic heterocycles. The Balaban J connectivity index is 1.52. The normalized spacial score (nSPS) is 13.1. The highest BCUT2D eigenvalue weighted by Gasteiger charge is 2.32. The number of halogens is 1. The number of rotatable bonds is 8. The first kappa shape index (κ1) is 21.1. The third kappa shape index (κ3) is 5.11. The van der Waals surface area contributed by atoms with Crippen LogP contribution in [0, 0.1) is 0 Å². The van der Waals surface area contributed by atoms with Crippen LogP contribution >= 0.6 is 11.6 Å². The summed E-state index contributed by atoms with van der Waals surface area (Å²) in [5.41, 5.74) is 1.50. The van der Waals surface area contributed by atoms with Gasteiger partial charge in [-0.15, -0.1) is 5.10 Å². The molecule has 2 aromatic carbocycles. The Hall–Kier alpha value is -3.19. The molecule has 31 heavy (non-hydrogen) atoms. The van der Waals surface area contributed by atoms with E-state index in [1.807, 2.05) is 37.3 Å². The van der Waals surface area contributed by atoms with Crippen LogP contribution < -0.4 is 5.32 Å². The molecule has 1 aliphatic rings. The lowest BCUT2D eigenvalue weighted by atomic mass is 10.3. The summed E-state index contributed by atoms with van der Waals surface area (Å²) in [7, 11) is 0. The molecule has 0 aliphatic heterocycles. The number of carbonyl (C=O) groups excluding carboxylic acids is 2. The van der Waals surface area contributed by atoms with Crippen molar-refractivity contribution in [3.63, 3.8) is 0 Å². The summed E-state index contributed by atoms with van der Waals surface area (Å²) in [6.45, 7) is 2.32. The van der Waals surface area contributed by atoms with Crippen molar-refractivity contribution in [1.29, 1.82) is 0 Å². The van der Waals surface area contributed by atoms with E-state index in [9.17, 15) is 9.59 Å². The zero-order valence-electron chi connectivity index (χ0n) is 17.3. The Morgan fingerprint density at radius 1 is 1.13 bits per heavy atom. The van der Waals surface area contributed by atoms with E-state index in [4.69, 9.17) is 11.6 Å². The topological polar surface area (TPSA) is 80.1 Å². The minimum atomic E-state index is -0.343. The molecule has 0 bridgehead atoms. The summed E-state index contributed by atoms with van der Waals surface area (Å²) in [5.74, 6) is 0.621. The number of anilines is 1. The zero-order chi connectivity index (χ0) is 21.8. The molecule has 0 unspecified atom stereocenters. The average molecular weight is 438 g/mol. The van der Waals surface area contributed by atoms with Gasteiger partial charge >= 0.3 is 0 Å². The summed E-state index contributed by atoms with van der Waals surface area (Å²) < 4.78 is 1.75. The van der Waals surface area contributed by atoms with Gasteiger partial charge in [-0.3, -0.25) is 9.59 Å². The van der Waals surface area contributed by atoms with Crippen LogP contribution in [0.15, 0.2) is 54.6 Å². The molecule has 1 fully saturated rings. The second-order valence-electron chi connectivity index (χ2n) is 7.60. The number of hydrogen-bond donors (Lipinski definition) is 1. The molecule has 7 nitrogen and oxygen atoms in total. The number of benzene rings is 2. The van der Waals surface area contributed by atoms with Crippen molar-refractivity contribution in [3.05, 3.63) is 71.3 Å². The Kier molecular flexibility index (Phi) is 6.32. The quantitative estimate of drug-likeness (QED) is 0.570. The molecule has 0 saturated heterocycles. The summed E-state index contributed by atoms with van der Waals surface area (Å²) in [5, 5.41) is 7.90. The first-order valence-electron chi connectivity index (χ1n) is 10.4. The zero-order valence-corrected chi connectivity index (χ0v) is 18.0. The standard InChI is InChI=1S/C23H24ClN5O2/c1-2-14-28(15-20(30)25-18-12-10-17(24)11-13-18)23(31)21-26-22(16-8-9-16)29(27-21)19-6-4-3-5-7-19/h3-7,10-13,16H,2,8-9,14-15H2,1H3,(H,25,30). The molecule has 0 atom stereocenters. The highest BCUT2D eigenvalue weighted by atomic mass is 35.5. The minimum absolute atomic E-state index is 0.0755. The Bertz CT molecular complexity index is 1060. The van der Waals surface area contributed by atoms with Gasteiger partial charge in [0.05, 0.1) is 5.69 Å². The van der Waals surface area contributed by atoms with Crippen LogP contribution in [-0.4, -0.2) is 44.6 Å². The van der Waals surface area contributed by atoms with Crippen molar-refractivity contribution in [2.24, 2.45) is 0 Å². The van der Waals surface area contributed by atoms with Crippen LogP contribution in [0.4, 0.5) is 5.69 Å². The molecule has 160 valence electrons. The van der Waals surface area contributed by atoms with Crippen LogP contribution in [0.5, 0.6) is 0 Å². The molecule has 0 spiro atoms. The third-order valence-corrected chi connectivity index (χ3v) is 5.26. The van der Waals surface area contributed by atoms with E-state index in [0.29, 0.717) is 23.2 Å². The maximum absolute atomic E-state index is 13.2. The van der Waals surface area contributed by atoms with E-state index < -0.39 is 0 Å². The third-order valence-electron chi connectivity index (χ3n) is 5.01. The highest BCUT2D eigenvalue weighted by Crippen LogP contribution is 2.39. The second-order valence-corrected chi connectivity index (χ2v) is 8.03. The Morgan fingerprint density at radius 2 is 1.84 bits per heavy atom. The molecule has 8 heteroatoms. The maximum atomic E-state index is 13.2. The first-order chi connectivity index (χ1) is 15.0. The first-order valence-corrected chi connectivity index (χ1v) is 10.8. The highest BCUT2D eigenvalue weighted by molar-refractivity contribution is 6.30. The van der Waals surface area contributed by atoms with Gasteiger partial charge in [0, 0.05) is 23.2 Å². The molecule has 1 N–H and O–H groups in total. The average Bonchev–Trinajstić information content (AvgIpc) is 3.53. The number of para-hydroxylation sites is 1. The number of carbonyl (C=O) groups is 2. The van der Waals surface area contributed by atoms with Crippen LogP contribution in [-0.2, 0) is 4.79 Å². The van der Waals surface area contributed by atoms with E-state index >= 15 is 0 Å². The number of nitrogens with zero attached hydrogens (tertiary/aromatic N) is 4. The van der Waals surface area contributed by atoms with Crippen LogP contribution in [0.25, 0.3) is 5.69 Å². The van der Waals surface area contributed by atoms with Gasteiger partial charge in [0.15, 0.2) is 0 Å². The molecular formula is C23H24ClN5O2. The molecule has 3 aromatic rings. The number of nitrogens with one attached hydrogen (secondary N) is 1. The predicted molar refractivity (Wildman–Crippen MR) is 120 cm³/mol. The lowest BCUT2D eigenvalue weighted by molar-refractivity contribution is -0.116. The molecule has 1 heterocycles. The molecule has 1 saturated carbocycles. The largest absolute Gasteiger partial charge is 0.327 e. The Labute approximate surface area is 186 Å². The summed E-state index contributed by atoms with van der Waals surface area (Å²) in [4.78, 5) is 31.8. The predicted octanol–water partition coefficient (Wildman–Crippen LogP) is 4.29. The van der Waals surface area contributed by atoms with Crippen LogP contribution in [0.1, 0.15) is 48.5 Å². The van der Waals surface area contributed by atoms with Gasteiger partial charge in [0.25, 0.3) is 5.91 Å². The van der Waals surface area contributed by atoms with Gasteiger partial charge in [-0.1, -0.05) is 36.7 Å². The fraction of sp³-hybridized carbons (Fsp3) is 0.304. The van der Waals surface area contributed by atoms with Crippen molar-refractivity contribution >= 4 is 29.1 Å². The van der Waals surface area contributed by atoms with Crippen molar-refractivity contribution < 1.29 is 9.59 Å². The number of amides is 2. The van der Waals surface area contributed by atoms with E-state index in [2.05, 4.69) is 15.4 Å². The molecule has 0 radical (unpaired) electrons. The minimum Gasteiger partial charge on any atom is -0.327 e. The molecular weight excluding hydrogens is 414 g/mol. The van der Waals surface area contributed by atoms with Gasteiger partial charge in [0.1, 0.15) is 12.4 Å². The number of aromatic nitrogens is 3. The lowest BCUT2D eigenvalue weighted by Gasteiger charge is -2.20. The van der Waals surface area contributed by atoms with Crippen LogP contribution in [0.3, 0.4) is 0 Å². The molecule has 4 rings (SSSR count). The molecule has 1 aliphatic carbocycles. The van der Waals surface area contributed by atoms with Gasteiger partial charge in [-0.25, -0.2) is 9.67 Å². The van der Waals surface area contributed by atoms with Gasteiger partial charge in [-0.05, 0) is 55.7 Å².